The number of aryl methyl sites for hydroxylation is 1. The fraction of sp³-hybridized carbons (Fsp3) is 0.800. The van der Waals surface area contributed by atoms with Crippen LogP contribution in [0.25, 0.3) is 0 Å². The van der Waals surface area contributed by atoms with Crippen LogP contribution in [0.15, 0.2) is 12.4 Å². The second-order valence-electron chi connectivity index (χ2n) is 5.83. The first-order valence-corrected chi connectivity index (χ1v) is 7.79. The molecule has 1 aliphatic rings. The summed E-state index contributed by atoms with van der Waals surface area (Å²) in [6, 6.07) is 0.360. The predicted octanol–water partition coefficient (Wildman–Crippen LogP) is 2.64. The summed E-state index contributed by atoms with van der Waals surface area (Å²) < 4.78 is 2.25. The fourth-order valence-corrected chi connectivity index (χ4v) is 3.18. The standard InChI is InChI=1S/C15H28N4/c1-2-10-19-11-9-17-15(19)12-14(18-16)8-7-13-5-3-4-6-13/h9,11,13-14,18H,2-8,10,12,16H2,1H3. The lowest BCUT2D eigenvalue weighted by atomic mass is 9.97. The van der Waals surface area contributed by atoms with Gasteiger partial charge in [-0.2, -0.15) is 0 Å². The van der Waals surface area contributed by atoms with E-state index in [1.807, 2.05) is 6.20 Å². The first kappa shape index (κ1) is 14.5. The van der Waals surface area contributed by atoms with Crippen molar-refractivity contribution in [3.05, 3.63) is 18.2 Å². The Morgan fingerprint density at radius 1 is 1.47 bits per heavy atom. The van der Waals surface area contributed by atoms with Crippen LogP contribution >= 0.6 is 0 Å². The molecule has 1 fully saturated rings. The highest BCUT2D eigenvalue weighted by atomic mass is 15.2. The molecule has 108 valence electrons. The monoisotopic (exact) mass is 264 g/mol. The highest BCUT2D eigenvalue weighted by Gasteiger charge is 2.18. The van der Waals surface area contributed by atoms with Crippen molar-refractivity contribution in [2.45, 2.75) is 70.9 Å². The third kappa shape index (κ3) is 4.32. The Kier molecular flexibility index (Phi) is 5.86. The molecule has 0 spiro atoms. The van der Waals surface area contributed by atoms with Gasteiger partial charge in [0, 0.05) is 31.4 Å². The van der Waals surface area contributed by atoms with Gasteiger partial charge < -0.3 is 4.57 Å². The van der Waals surface area contributed by atoms with Crippen molar-refractivity contribution in [3.63, 3.8) is 0 Å². The summed E-state index contributed by atoms with van der Waals surface area (Å²) in [5, 5.41) is 0. The van der Waals surface area contributed by atoms with Crippen LogP contribution in [0.1, 0.15) is 57.7 Å². The van der Waals surface area contributed by atoms with Gasteiger partial charge in [-0.1, -0.05) is 32.6 Å². The normalized spacial score (nSPS) is 18.0. The number of rotatable bonds is 8. The highest BCUT2D eigenvalue weighted by molar-refractivity contribution is 4.95. The molecule has 0 bridgehead atoms. The molecule has 1 aromatic rings. The summed E-state index contributed by atoms with van der Waals surface area (Å²) in [6.07, 6.45) is 14.2. The minimum absolute atomic E-state index is 0.360. The Morgan fingerprint density at radius 3 is 2.95 bits per heavy atom. The fourth-order valence-electron chi connectivity index (χ4n) is 3.18. The summed E-state index contributed by atoms with van der Waals surface area (Å²) in [7, 11) is 0. The van der Waals surface area contributed by atoms with Crippen molar-refractivity contribution in [2.24, 2.45) is 11.8 Å². The largest absolute Gasteiger partial charge is 0.335 e. The average molecular weight is 264 g/mol. The lowest BCUT2D eigenvalue weighted by molar-refractivity contribution is 0.399. The van der Waals surface area contributed by atoms with E-state index in [1.54, 1.807) is 0 Å². The van der Waals surface area contributed by atoms with Gasteiger partial charge in [0.2, 0.25) is 0 Å². The molecule has 0 amide bonds. The first-order valence-electron chi connectivity index (χ1n) is 7.79. The van der Waals surface area contributed by atoms with E-state index in [4.69, 9.17) is 5.84 Å². The van der Waals surface area contributed by atoms with Gasteiger partial charge in [-0.25, -0.2) is 4.98 Å². The van der Waals surface area contributed by atoms with Crippen molar-refractivity contribution in [3.8, 4) is 0 Å². The molecule has 0 radical (unpaired) electrons. The van der Waals surface area contributed by atoms with E-state index in [0.29, 0.717) is 6.04 Å². The van der Waals surface area contributed by atoms with Crippen molar-refractivity contribution in [2.75, 3.05) is 0 Å². The van der Waals surface area contributed by atoms with E-state index < -0.39 is 0 Å². The van der Waals surface area contributed by atoms with Crippen molar-refractivity contribution >= 4 is 0 Å². The van der Waals surface area contributed by atoms with Gasteiger partial charge in [0.1, 0.15) is 5.82 Å². The summed E-state index contributed by atoms with van der Waals surface area (Å²) in [4.78, 5) is 4.47. The quantitative estimate of drug-likeness (QED) is 0.560. The Hall–Kier alpha value is -0.870. The van der Waals surface area contributed by atoms with E-state index >= 15 is 0 Å². The Morgan fingerprint density at radius 2 is 2.26 bits per heavy atom. The van der Waals surface area contributed by atoms with E-state index in [0.717, 1.165) is 31.1 Å². The number of aromatic nitrogens is 2. The minimum Gasteiger partial charge on any atom is -0.335 e. The summed E-state index contributed by atoms with van der Waals surface area (Å²) in [6.45, 7) is 3.25. The SMILES string of the molecule is CCCn1ccnc1CC(CCC1CCCC1)NN. The van der Waals surface area contributed by atoms with E-state index in [-0.39, 0.29) is 0 Å². The molecule has 1 aliphatic carbocycles. The number of hydrogen-bond donors (Lipinski definition) is 2. The van der Waals surface area contributed by atoms with Gasteiger partial charge in [0.25, 0.3) is 0 Å². The van der Waals surface area contributed by atoms with Gasteiger partial charge >= 0.3 is 0 Å². The Bertz CT molecular complexity index is 355. The van der Waals surface area contributed by atoms with Crippen LogP contribution in [0.5, 0.6) is 0 Å². The van der Waals surface area contributed by atoms with E-state index in [2.05, 4.69) is 28.1 Å². The molecule has 1 unspecified atom stereocenters. The van der Waals surface area contributed by atoms with Crippen LogP contribution in [0.2, 0.25) is 0 Å². The average Bonchev–Trinajstić information content (AvgIpc) is 3.07. The third-order valence-corrected chi connectivity index (χ3v) is 4.33. The number of imidazole rings is 1. The second-order valence-corrected chi connectivity index (χ2v) is 5.83. The van der Waals surface area contributed by atoms with Crippen molar-refractivity contribution in [1.82, 2.24) is 15.0 Å². The third-order valence-electron chi connectivity index (χ3n) is 4.33. The second kappa shape index (κ2) is 7.65. The number of nitrogens with one attached hydrogen (secondary N) is 1. The molecule has 1 saturated carbocycles. The molecule has 2 rings (SSSR count). The molecule has 19 heavy (non-hydrogen) atoms. The van der Waals surface area contributed by atoms with Crippen LogP contribution in [0.3, 0.4) is 0 Å². The molecule has 0 aromatic carbocycles. The van der Waals surface area contributed by atoms with Gasteiger partial charge in [-0.15, -0.1) is 0 Å². The molecule has 4 heteroatoms. The molecule has 4 nitrogen and oxygen atoms in total. The number of hydrazine groups is 1. The lowest BCUT2D eigenvalue weighted by Gasteiger charge is -2.18. The van der Waals surface area contributed by atoms with Gasteiger partial charge in [-0.3, -0.25) is 11.3 Å². The zero-order chi connectivity index (χ0) is 13.5. The van der Waals surface area contributed by atoms with Crippen LogP contribution in [0.4, 0.5) is 0 Å². The zero-order valence-electron chi connectivity index (χ0n) is 12.1. The van der Waals surface area contributed by atoms with Gasteiger partial charge in [0.05, 0.1) is 0 Å². The molecular formula is C15H28N4. The number of nitrogens with two attached hydrogens (primary N) is 1. The zero-order valence-corrected chi connectivity index (χ0v) is 12.1. The molecule has 0 saturated heterocycles. The maximum absolute atomic E-state index is 5.71. The minimum atomic E-state index is 0.360. The molecular weight excluding hydrogens is 236 g/mol. The predicted molar refractivity (Wildman–Crippen MR) is 78.5 cm³/mol. The maximum atomic E-state index is 5.71. The molecule has 3 N–H and O–H groups in total. The molecule has 1 atom stereocenters. The lowest BCUT2D eigenvalue weighted by Crippen LogP contribution is -2.37. The summed E-state index contributed by atoms with van der Waals surface area (Å²) >= 11 is 0. The number of hydrogen-bond acceptors (Lipinski definition) is 3. The molecule has 1 heterocycles. The molecule has 1 aromatic heterocycles. The summed E-state index contributed by atoms with van der Waals surface area (Å²) in [5.41, 5.74) is 2.98. The van der Waals surface area contributed by atoms with Gasteiger partial charge in [-0.05, 0) is 25.2 Å². The van der Waals surface area contributed by atoms with Crippen molar-refractivity contribution in [1.29, 1.82) is 0 Å². The number of nitrogens with zero attached hydrogens (tertiary/aromatic N) is 2. The maximum Gasteiger partial charge on any atom is 0.110 e. The first-order chi connectivity index (χ1) is 9.33. The Labute approximate surface area is 116 Å². The highest BCUT2D eigenvalue weighted by Crippen LogP contribution is 2.29. The van der Waals surface area contributed by atoms with Crippen LogP contribution < -0.4 is 11.3 Å². The van der Waals surface area contributed by atoms with Crippen molar-refractivity contribution < 1.29 is 0 Å². The van der Waals surface area contributed by atoms with Gasteiger partial charge in [0.15, 0.2) is 0 Å². The van der Waals surface area contributed by atoms with E-state index in [9.17, 15) is 0 Å². The smallest absolute Gasteiger partial charge is 0.110 e. The van der Waals surface area contributed by atoms with Crippen LogP contribution in [0, 0.1) is 5.92 Å². The van der Waals surface area contributed by atoms with E-state index in [1.165, 1.54) is 38.5 Å². The Balaban J connectivity index is 1.81. The topological polar surface area (TPSA) is 55.9 Å². The molecule has 0 aliphatic heterocycles. The van der Waals surface area contributed by atoms with Crippen LogP contribution in [-0.4, -0.2) is 15.6 Å². The summed E-state index contributed by atoms with van der Waals surface area (Å²) in [5.74, 6) is 7.81. The van der Waals surface area contributed by atoms with Crippen LogP contribution in [-0.2, 0) is 13.0 Å².